The molecule has 3 rings (SSSR count). The van der Waals surface area contributed by atoms with Crippen LogP contribution in [0.4, 0.5) is 0 Å². The molecule has 1 atom stereocenters. The molecule has 1 aliphatic rings. The van der Waals surface area contributed by atoms with Crippen LogP contribution in [0.5, 0.6) is 5.75 Å². The molecule has 0 spiro atoms. The minimum atomic E-state index is 0.362. The third-order valence-corrected chi connectivity index (χ3v) is 3.27. The minimum Gasteiger partial charge on any atom is -0.496 e. The molecule has 0 saturated heterocycles. The molecule has 0 amide bonds. The first-order valence-electron chi connectivity index (χ1n) is 5.80. The van der Waals surface area contributed by atoms with E-state index >= 15 is 0 Å². The van der Waals surface area contributed by atoms with Gasteiger partial charge in [-0.05, 0) is 17.2 Å². The molecule has 1 aliphatic carbocycles. The molecular weight excluding hydrogens is 208 g/mol. The second kappa shape index (κ2) is 4.10. The summed E-state index contributed by atoms with van der Waals surface area (Å²) in [7, 11) is 1.72. The van der Waals surface area contributed by atoms with Crippen molar-refractivity contribution in [3.63, 3.8) is 0 Å². The molecule has 0 N–H and O–H groups in total. The maximum absolute atomic E-state index is 5.39. The number of hydrogen-bond donors (Lipinski definition) is 0. The molecule has 17 heavy (non-hydrogen) atoms. The molecular formula is C16H14O. The number of ether oxygens (including phenoxy) is 1. The summed E-state index contributed by atoms with van der Waals surface area (Å²) in [6, 6.07) is 16.8. The Hall–Kier alpha value is -2.02. The van der Waals surface area contributed by atoms with Crippen molar-refractivity contribution in [2.75, 3.05) is 7.11 Å². The summed E-state index contributed by atoms with van der Waals surface area (Å²) in [6.45, 7) is 0. The fourth-order valence-electron chi connectivity index (χ4n) is 2.44. The molecule has 0 unspecified atom stereocenters. The second-order valence-corrected chi connectivity index (χ2v) is 4.21. The van der Waals surface area contributed by atoms with Gasteiger partial charge in [0.2, 0.25) is 0 Å². The first-order valence-corrected chi connectivity index (χ1v) is 5.80. The Balaban J connectivity index is 2.09. The molecule has 0 heterocycles. The molecule has 0 bridgehead atoms. The zero-order chi connectivity index (χ0) is 11.7. The second-order valence-electron chi connectivity index (χ2n) is 4.21. The maximum atomic E-state index is 5.39. The highest BCUT2D eigenvalue weighted by atomic mass is 16.5. The van der Waals surface area contributed by atoms with E-state index in [0.717, 1.165) is 5.75 Å². The van der Waals surface area contributed by atoms with Gasteiger partial charge in [-0.25, -0.2) is 0 Å². The van der Waals surface area contributed by atoms with Crippen molar-refractivity contribution in [3.8, 4) is 5.75 Å². The third kappa shape index (κ3) is 1.64. The molecule has 1 heteroatoms. The van der Waals surface area contributed by atoms with Gasteiger partial charge in [0.25, 0.3) is 0 Å². The lowest BCUT2D eigenvalue weighted by atomic mass is 9.93. The summed E-state index contributed by atoms with van der Waals surface area (Å²) in [6.07, 6.45) is 4.40. The molecule has 0 radical (unpaired) electrons. The molecule has 84 valence electrons. The first kappa shape index (κ1) is 10.2. The van der Waals surface area contributed by atoms with E-state index in [1.54, 1.807) is 7.11 Å². The molecule has 0 fully saturated rings. The van der Waals surface area contributed by atoms with E-state index in [-0.39, 0.29) is 0 Å². The van der Waals surface area contributed by atoms with E-state index in [1.165, 1.54) is 16.7 Å². The molecule has 0 aliphatic heterocycles. The number of benzene rings is 2. The number of hydrogen-bond acceptors (Lipinski definition) is 1. The first-order chi connectivity index (χ1) is 8.40. The summed E-state index contributed by atoms with van der Waals surface area (Å²) < 4.78 is 5.39. The van der Waals surface area contributed by atoms with Gasteiger partial charge in [0.05, 0.1) is 7.11 Å². The van der Waals surface area contributed by atoms with Crippen LogP contribution in [0.3, 0.4) is 0 Å². The Morgan fingerprint density at radius 2 is 1.76 bits per heavy atom. The third-order valence-electron chi connectivity index (χ3n) is 3.27. The molecule has 2 aromatic rings. The summed E-state index contributed by atoms with van der Waals surface area (Å²) >= 11 is 0. The Labute approximate surface area is 101 Å². The number of methoxy groups -OCH3 is 1. The highest BCUT2D eigenvalue weighted by Gasteiger charge is 2.20. The van der Waals surface area contributed by atoms with Crippen LogP contribution in [-0.4, -0.2) is 7.11 Å². The minimum absolute atomic E-state index is 0.362. The van der Waals surface area contributed by atoms with Gasteiger partial charge in [-0.15, -0.1) is 0 Å². The van der Waals surface area contributed by atoms with Crippen LogP contribution in [-0.2, 0) is 0 Å². The van der Waals surface area contributed by atoms with Crippen molar-refractivity contribution in [1.82, 2.24) is 0 Å². The van der Waals surface area contributed by atoms with Gasteiger partial charge in [-0.3, -0.25) is 0 Å². The normalized spacial score (nSPS) is 16.9. The van der Waals surface area contributed by atoms with Crippen LogP contribution in [0.2, 0.25) is 0 Å². The maximum Gasteiger partial charge on any atom is 0.126 e. The SMILES string of the molecule is COc1cccc2c1C=C[C@H]2c1ccccc1. The summed E-state index contributed by atoms with van der Waals surface area (Å²) in [5.74, 6) is 1.32. The van der Waals surface area contributed by atoms with Crippen molar-refractivity contribution in [3.05, 3.63) is 71.3 Å². The number of fused-ring (bicyclic) bond motifs is 1. The number of rotatable bonds is 2. The predicted octanol–water partition coefficient (Wildman–Crippen LogP) is 3.85. The van der Waals surface area contributed by atoms with E-state index in [9.17, 15) is 0 Å². The largest absolute Gasteiger partial charge is 0.496 e. The van der Waals surface area contributed by atoms with Crippen LogP contribution in [0, 0.1) is 0 Å². The van der Waals surface area contributed by atoms with Crippen LogP contribution in [0.15, 0.2) is 54.6 Å². The summed E-state index contributed by atoms with van der Waals surface area (Å²) in [5, 5.41) is 0. The van der Waals surface area contributed by atoms with Crippen LogP contribution in [0.1, 0.15) is 22.6 Å². The van der Waals surface area contributed by atoms with Gasteiger partial charge in [-0.1, -0.05) is 54.6 Å². The monoisotopic (exact) mass is 222 g/mol. The van der Waals surface area contributed by atoms with Gasteiger partial charge in [0, 0.05) is 11.5 Å². The summed E-state index contributed by atoms with van der Waals surface area (Å²) in [4.78, 5) is 0. The van der Waals surface area contributed by atoms with Crippen LogP contribution in [0.25, 0.3) is 6.08 Å². The van der Waals surface area contributed by atoms with Crippen LogP contribution >= 0.6 is 0 Å². The van der Waals surface area contributed by atoms with Gasteiger partial charge < -0.3 is 4.74 Å². The standard InChI is InChI=1S/C16H14O/c1-17-16-9-5-8-14-13(10-11-15(14)16)12-6-3-2-4-7-12/h2-11,13H,1H3/t13-/m0/s1. The number of allylic oxidation sites excluding steroid dienone is 1. The van der Waals surface area contributed by atoms with E-state index in [1.807, 2.05) is 6.07 Å². The van der Waals surface area contributed by atoms with Gasteiger partial charge in [0.15, 0.2) is 0 Å². The van der Waals surface area contributed by atoms with E-state index < -0.39 is 0 Å². The highest BCUT2D eigenvalue weighted by molar-refractivity contribution is 5.70. The Morgan fingerprint density at radius 1 is 0.941 bits per heavy atom. The Morgan fingerprint density at radius 3 is 2.53 bits per heavy atom. The molecule has 2 aromatic carbocycles. The summed E-state index contributed by atoms with van der Waals surface area (Å²) in [5.41, 5.74) is 3.87. The highest BCUT2D eigenvalue weighted by Crippen LogP contribution is 2.39. The van der Waals surface area contributed by atoms with Gasteiger partial charge >= 0.3 is 0 Å². The van der Waals surface area contributed by atoms with Crippen molar-refractivity contribution in [2.24, 2.45) is 0 Å². The zero-order valence-electron chi connectivity index (χ0n) is 9.76. The predicted molar refractivity (Wildman–Crippen MR) is 70.3 cm³/mol. The van der Waals surface area contributed by atoms with Crippen LogP contribution < -0.4 is 4.74 Å². The van der Waals surface area contributed by atoms with Crippen molar-refractivity contribution >= 4 is 6.08 Å². The zero-order valence-corrected chi connectivity index (χ0v) is 9.76. The van der Waals surface area contributed by atoms with Gasteiger partial charge in [-0.2, -0.15) is 0 Å². The van der Waals surface area contributed by atoms with E-state index in [4.69, 9.17) is 4.74 Å². The lowest BCUT2D eigenvalue weighted by molar-refractivity contribution is 0.413. The fourth-order valence-corrected chi connectivity index (χ4v) is 2.44. The smallest absolute Gasteiger partial charge is 0.126 e. The Bertz CT molecular complexity index is 555. The van der Waals surface area contributed by atoms with Crippen molar-refractivity contribution in [1.29, 1.82) is 0 Å². The van der Waals surface area contributed by atoms with Crippen molar-refractivity contribution < 1.29 is 4.74 Å². The average Bonchev–Trinajstić information content (AvgIpc) is 2.83. The average molecular weight is 222 g/mol. The molecule has 0 saturated carbocycles. The molecule has 1 nitrogen and oxygen atoms in total. The lowest BCUT2D eigenvalue weighted by Crippen LogP contribution is -1.96. The van der Waals surface area contributed by atoms with E-state index in [2.05, 4.69) is 54.6 Å². The van der Waals surface area contributed by atoms with E-state index in [0.29, 0.717) is 5.92 Å². The lowest BCUT2D eigenvalue weighted by Gasteiger charge is -2.12. The molecule has 0 aromatic heterocycles. The Kier molecular flexibility index (Phi) is 2.45. The quantitative estimate of drug-likeness (QED) is 0.749. The fraction of sp³-hybridized carbons (Fsp3) is 0.125. The van der Waals surface area contributed by atoms with Gasteiger partial charge in [0.1, 0.15) is 5.75 Å². The van der Waals surface area contributed by atoms with Crippen molar-refractivity contribution in [2.45, 2.75) is 5.92 Å². The topological polar surface area (TPSA) is 9.23 Å².